The Morgan fingerprint density at radius 2 is 2.19 bits per heavy atom. The maximum Gasteiger partial charge on any atom is 0.291 e. The van der Waals surface area contributed by atoms with Crippen LogP contribution in [0.25, 0.3) is 0 Å². The average molecular weight is 311 g/mol. The zero-order valence-corrected chi connectivity index (χ0v) is 13.2. The Morgan fingerprint density at radius 3 is 2.71 bits per heavy atom. The van der Waals surface area contributed by atoms with Crippen LogP contribution in [0.1, 0.15) is 32.1 Å². The van der Waals surface area contributed by atoms with Gasteiger partial charge in [0.05, 0.1) is 11.2 Å². The molecule has 2 fully saturated rings. The molecule has 2 aliphatic carbocycles. The standard InChI is InChI=1S/C15H23ClN4O/c1-19(13(7-17)11-5-6-11)14-12(16)8-18-20(15(14)21)9-10-3-2-4-10/h8,10-11,13H,2-7,9,17H2,1H3. The normalized spacial score (nSPS) is 20.1. The Balaban J connectivity index is 1.88. The fourth-order valence-electron chi connectivity index (χ4n) is 3.14. The lowest BCUT2D eigenvalue weighted by atomic mass is 9.85. The van der Waals surface area contributed by atoms with Crippen molar-refractivity contribution in [2.24, 2.45) is 17.6 Å². The van der Waals surface area contributed by atoms with Gasteiger partial charge in [-0.15, -0.1) is 0 Å². The molecule has 3 rings (SSSR count). The molecule has 1 aromatic heterocycles. The topological polar surface area (TPSA) is 64.2 Å². The summed E-state index contributed by atoms with van der Waals surface area (Å²) in [6, 6.07) is 0.190. The molecule has 0 spiro atoms. The van der Waals surface area contributed by atoms with Crippen LogP contribution in [0.4, 0.5) is 5.69 Å². The number of hydrogen-bond donors (Lipinski definition) is 1. The fourth-order valence-corrected chi connectivity index (χ4v) is 3.40. The molecule has 0 aromatic carbocycles. The second-order valence-electron chi connectivity index (χ2n) is 6.38. The number of likely N-dealkylation sites (N-methyl/N-ethyl adjacent to an activating group) is 1. The summed E-state index contributed by atoms with van der Waals surface area (Å²) in [7, 11) is 1.92. The molecule has 2 aliphatic rings. The Bertz CT molecular complexity index is 565. The molecule has 116 valence electrons. The molecule has 21 heavy (non-hydrogen) atoms. The van der Waals surface area contributed by atoms with Gasteiger partial charge in [-0.25, -0.2) is 4.68 Å². The monoisotopic (exact) mass is 310 g/mol. The van der Waals surface area contributed by atoms with Crippen LogP contribution in [0.5, 0.6) is 0 Å². The van der Waals surface area contributed by atoms with E-state index < -0.39 is 0 Å². The highest BCUT2D eigenvalue weighted by molar-refractivity contribution is 6.33. The Kier molecular flexibility index (Phi) is 4.22. The number of nitrogens with zero attached hydrogens (tertiary/aromatic N) is 3. The maximum absolute atomic E-state index is 12.7. The predicted molar refractivity (Wildman–Crippen MR) is 84.8 cm³/mol. The van der Waals surface area contributed by atoms with Crippen LogP contribution in [0.15, 0.2) is 11.0 Å². The second kappa shape index (κ2) is 5.97. The molecule has 0 saturated heterocycles. The third kappa shape index (κ3) is 2.94. The Morgan fingerprint density at radius 1 is 1.48 bits per heavy atom. The van der Waals surface area contributed by atoms with E-state index in [0.29, 0.717) is 35.6 Å². The molecular weight excluding hydrogens is 288 g/mol. The lowest BCUT2D eigenvalue weighted by Gasteiger charge is -2.30. The highest BCUT2D eigenvalue weighted by Crippen LogP contribution is 2.36. The number of nitrogens with two attached hydrogens (primary N) is 1. The Labute approximate surface area is 130 Å². The van der Waals surface area contributed by atoms with Crippen molar-refractivity contribution in [2.45, 2.75) is 44.7 Å². The lowest BCUT2D eigenvalue weighted by Crippen LogP contribution is -2.43. The molecule has 1 atom stereocenters. The van der Waals surface area contributed by atoms with Crippen molar-refractivity contribution in [3.63, 3.8) is 0 Å². The maximum atomic E-state index is 12.7. The molecule has 0 amide bonds. The lowest BCUT2D eigenvalue weighted by molar-refractivity contribution is 0.261. The van der Waals surface area contributed by atoms with E-state index in [4.69, 9.17) is 17.3 Å². The van der Waals surface area contributed by atoms with E-state index in [0.717, 1.165) is 0 Å². The number of anilines is 1. The van der Waals surface area contributed by atoms with Gasteiger partial charge in [0.15, 0.2) is 0 Å². The molecule has 5 nitrogen and oxygen atoms in total. The summed E-state index contributed by atoms with van der Waals surface area (Å²) in [6.45, 7) is 1.25. The van der Waals surface area contributed by atoms with Crippen molar-refractivity contribution in [1.82, 2.24) is 9.78 Å². The third-order valence-electron chi connectivity index (χ3n) is 4.89. The molecule has 1 unspecified atom stereocenters. The van der Waals surface area contributed by atoms with E-state index in [-0.39, 0.29) is 11.6 Å². The summed E-state index contributed by atoms with van der Waals surface area (Å²) < 4.78 is 1.57. The first-order valence-corrected chi connectivity index (χ1v) is 8.18. The number of hydrogen-bond acceptors (Lipinski definition) is 4. The first kappa shape index (κ1) is 14.9. The van der Waals surface area contributed by atoms with Gasteiger partial charge in [-0.3, -0.25) is 4.79 Å². The number of halogens is 1. The smallest absolute Gasteiger partial charge is 0.291 e. The minimum Gasteiger partial charge on any atom is -0.364 e. The highest BCUT2D eigenvalue weighted by atomic mass is 35.5. The molecule has 2 saturated carbocycles. The van der Waals surface area contributed by atoms with Crippen LogP contribution >= 0.6 is 11.6 Å². The molecule has 0 radical (unpaired) electrons. The molecule has 1 aromatic rings. The Hall–Kier alpha value is -1.07. The fraction of sp³-hybridized carbons (Fsp3) is 0.733. The van der Waals surface area contributed by atoms with Crippen molar-refractivity contribution < 1.29 is 0 Å². The first-order valence-electron chi connectivity index (χ1n) is 7.80. The van der Waals surface area contributed by atoms with E-state index >= 15 is 0 Å². The van der Waals surface area contributed by atoms with E-state index in [2.05, 4.69) is 5.10 Å². The van der Waals surface area contributed by atoms with E-state index in [1.54, 1.807) is 10.9 Å². The number of rotatable bonds is 6. The summed E-state index contributed by atoms with van der Waals surface area (Å²) in [5, 5.41) is 4.63. The van der Waals surface area contributed by atoms with Gasteiger partial charge in [0.1, 0.15) is 5.69 Å². The highest BCUT2D eigenvalue weighted by Gasteiger charge is 2.34. The summed E-state index contributed by atoms with van der Waals surface area (Å²) >= 11 is 6.25. The van der Waals surface area contributed by atoms with Crippen molar-refractivity contribution in [3.05, 3.63) is 21.6 Å². The molecule has 0 aliphatic heterocycles. The van der Waals surface area contributed by atoms with E-state index in [9.17, 15) is 4.79 Å². The molecule has 6 heteroatoms. The minimum atomic E-state index is -0.0870. The quantitative estimate of drug-likeness (QED) is 0.871. The molecule has 1 heterocycles. The van der Waals surface area contributed by atoms with E-state index in [1.165, 1.54) is 32.1 Å². The van der Waals surface area contributed by atoms with Gasteiger partial charge in [-0.1, -0.05) is 18.0 Å². The van der Waals surface area contributed by atoms with Crippen LogP contribution in [-0.4, -0.2) is 29.4 Å². The zero-order chi connectivity index (χ0) is 15.0. The summed E-state index contributed by atoms with van der Waals surface area (Å²) in [4.78, 5) is 14.7. The average Bonchev–Trinajstić information content (AvgIpc) is 3.21. The van der Waals surface area contributed by atoms with Gasteiger partial charge in [0, 0.05) is 26.2 Å². The van der Waals surface area contributed by atoms with E-state index in [1.807, 2.05) is 11.9 Å². The van der Waals surface area contributed by atoms with Gasteiger partial charge in [0.25, 0.3) is 5.56 Å². The van der Waals surface area contributed by atoms with Crippen LogP contribution in [0.2, 0.25) is 5.02 Å². The first-order chi connectivity index (χ1) is 10.1. The summed E-state index contributed by atoms with van der Waals surface area (Å²) in [6.07, 6.45) is 7.60. The molecular formula is C15H23ClN4O. The van der Waals surface area contributed by atoms with Gasteiger partial charge < -0.3 is 10.6 Å². The van der Waals surface area contributed by atoms with Crippen molar-refractivity contribution in [2.75, 3.05) is 18.5 Å². The second-order valence-corrected chi connectivity index (χ2v) is 6.78. The number of aromatic nitrogens is 2. The molecule has 2 N–H and O–H groups in total. The third-order valence-corrected chi connectivity index (χ3v) is 5.16. The predicted octanol–water partition coefficient (Wildman–Crippen LogP) is 1.87. The minimum absolute atomic E-state index is 0.0870. The molecule has 0 bridgehead atoms. The van der Waals surface area contributed by atoms with Crippen LogP contribution in [0.3, 0.4) is 0 Å². The summed E-state index contributed by atoms with van der Waals surface area (Å²) in [5.41, 5.74) is 6.35. The zero-order valence-electron chi connectivity index (χ0n) is 12.5. The van der Waals surface area contributed by atoms with Crippen LogP contribution in [-0.2, 0) is 6.54 Å². The van der Waals surface area contributed by atoms with Gasteiger partial charge in [0.2, 0.25) is 0 Å². The summed E-state index contributed by atoms with van der Waals surface area (Å²) in [5.74, 6) is 1.17. The largest absolute Gasteiger partial charge is 0.364 e. The SMILES string of the molecule is CN(c1c(Cl)cnn(CC2CCC2)c1=O)C(CN)C1CC1. The van der Waals surface area contributed by atoms with Gasteiger partial charge in [-0.2, -0.15) is 5.10 Å². The van der Waals surface area contributed by atoms with Crippen molar-refractivity contribution >= 4 is 17.3 Å². The van der Waals surface area contributed by atoms with Gasteiger partial charge >= 0.3 is 0 Å². The van der Waals surface area contributed by atoms with Crippen molar-refractivity contribution in [1.29, 1.82) is 0 Å². The van der Waals surface area contributed by atoms with Crippen LogP contribution in [0, 0.1) is 11.8 Å². The van der Waals surface area contributed by atoms with Crippen LogP contribution < -0.4 is 16.2 Å². The van der Waals surface area contributed by atoms with Gasteiger partial charge in [-0.05, 0) is 37.5 Å². The van der Waals surface area contributed by atoms with Crippen molar-refractivity contribution in [3.8, 4) is 0 Å².